The molecule has 2 aliphatic rings. The van der Waals surface area contributed by atoms with Gasteiger partial charge in [-0.15, -0.1) is 0 Å². The maximum atomic E-state index is 11.0. The molecule has 1 heterocycles. The van der Waals surface area contributed by atoms with Crippen LogP contribution in [-0.4, -0.2) is 18.4 Å². The summed E-state index contributed by atoms with van der Waals surface area (Å²) in [6.07, 6.45) is 6.49. The van der Waals surface area contributed by atoms with Crippen LogP contribution in [0.5, 0.6) is 0 Å². The Hall–Kier alpha value is -0.830. The normalized spacial score (nSPS) is 37.5. The lowest BCUT2D eigenvalue weighted by molar-refractivity contribution is -0.178. The summed E-state index contributed by atoms with van der Waals surface area (Å²) in [6.45, 7) is 6.75. The molecule has 1 saturated carbocycles. The number of esters is 1. The van der Waals surface area contributed by atoms with Gasteiger partial charge in [-0.05, 0) is 36.7 Å². The molecule has 0 aromatic heterocycles. The van der Waals surface area contributed by atoms with Crippen molar-refractivity contribution in [3.63, 3.8) is 0 Å². The van der Waals surface area contributed by atoms with Crippen LogP contribution >= 0.6 is 0 Å². The number of carbonyl (C=O) groups is 1. The third-order valence-electron chi connectivity index (χ3n) is 3.89. The maximum Gasteiger partial charge on any atom is 0.333 e. The molecule has 0 spiro atoms. The van der Waals surface area contributed by atoms with Crippen molar-refractivity contribution < 1.29 is 14.3 Å². The third kappa shape index (κ3) is 3.09. The van der Waals surface area contributed by atoms with Gasteiger partial charge in [0.05, 0.1) is 6.10 Å². The largest absolute Gasteiger partial charge is 0.429 e. The summed E-state index contributed by atoms with van der Waals surface area (Å²) >= 11 is 0. The molecule has 0 amide bonds. The van der Waals surface area contributed by atoms with E-state index in [1.807, 2.05) is 0 Å². The van der Waals surface area contributed by atoms with Crippen molar-refractivity contribution in [2.45, 2.75) is 52.4 Å². The fourth-order valence-corrected chi connectivity index (χ4v) is 2.87. The molecule has 0 saturated heterocycles. The molecule has 3 nitrogen and oxygen atoms in total. The van der Waals surface area contributed by atoms with E-state index in [0.717, 1.165) is 6.42 Å². The molecule has 0 aromatic rings. The van der Waals surface area contributed by atoms with Crippen LogP contribution in [0.3, 0.4) is 0 Å². The highest BCUT2D eigenvalue weighted by Gasteiger charge is 2.34. The third-order valence-corrected chi connectivity index (χ3v) is 3.89. The molecule has 17 heavy (non-hydrogen) atoms. The lowest BCUT2D eigenvalue weighted by Crippen LogP contribution is -2.36. The Balaban J connectivity index is 1.95. The van der Waals surface area contributed by atoms with Crippen LogP contribution in [-0.2, 0) is 14.3 Å². The molecule has 96 valence electrons. The minimum atomic E-state index is -0.459. The Labute approximate surface area is 103 Å². The minimum absolute atomic E-state index is 0.222. The van der Waals surface area contributed by atoms with Gasteiger partial charge in [-0.2, -0.15) is 0 Å². The summed E-state index contributed by atoms with van der Waals surface area (Å²) in [5.74, 6) is 1.61. The van der Waals surface area contributed by atoms with Crippen molar-refractivity contribution >= 4 is 5.97 Å². The summed E-state index contributed by atoms with van der Waals surface area (Å²) in [7, 11) is 0. The van der Waals surface area contributed by atoms with E-state index in [9.17, 15) is 4.79 Å². The predicted octanol–water partition coefficient (Wildman–Crippen LogP) is 2.90. The first-order chi connectivity index (χ1) is 8.06. The van der Waals surface area contributed by atoms with Crippen LogP contribution in [0.1, 0.15) is 40.0 Å². The van der Waals surface area contributed by atoms with E-state index in [4.69, 9.17) is 9.47 Å². The highest BCUT2D eigenvalue weighted by molar-refractivity contribution is 5.84. The average molecular weight is 238 g/mol. The summed E-state index contributed by atoms with van der Waals surface area (Å²) in [4.78, 5) is 11.0. The number of cyclic esters (lactones) is 1. The van der Waals surface area contributed by atoms with Gasteiger partial charge >= 0.3 is 5.97 Å². The van der Waals surface area contributed by atoms with Crippen LogP contribution in [0, 0.1) is 17.8 Å². The van der Waals surface area contributed by atoms with E-state index >= 15 is 0 Å². The number of hydrogen-bond donors (Lipinski definition) is 0. The summed E-state index contributed by atoms with van der Waals surface area (Å²) < 4.78 is 11.0. The fourth-order valence-electron chi connectivity index (χ4n) is 2.87. The van der Waals surface area contributed by atoms with Gasteiger partial charge in [-0.25, -0.2) is 4.79 Å². The van der Waals surface area contributed by atoms with Gasteiger partial charge < -0.3 is 9.47 Å². The molecule has 1 aliphatic heterocycles. The highest BCUT2D eigenvalue weighted by atomic mass is 16.7. The van der Waals surface area contributed by atoms with Crippen LogP contribution in [0.4, 0.5) is 0 Å². The minimum Gasteiger partial charge on any atom is -0.429 e. The van der Waals surface area contributed by atoms with Gasteiger partial charge in [0.1, 0.15) is 0 Å². The molecule has 2 rings (SSSR count). The lowest BCUT2D eigenvalue weighted by atomic mass is 9.75. The van der Waals surface area contributed by atoms with Crippen molar-refractivity contribution in [3.05, 3.63) is 12.2 Å². The second kappa shape index (κ2) is 5.21. The Morgan fingerprint density at radius 3 is 2.76 bits per heavy atom. The van der Waals surface area contributed by atoms with Crippen molar-refractivity contribution in [3.8, 4) is 0 Å². The molecule has 1 aliphatic carbocycles. The van der Waals surface area contributed by atoms with Gasteiger partial charge in [0, 0.05) is 6.08 Å². The van der Waals surface area contributed by atoms with Gasteiger partial charge in [0.25, 0.3) is 0 Å². The van der Waals surface area contributed by atoms with Crippen molar-refractivity contribution in [2.75, 3.05) is 0 Å². The fraction of sp³-hybridized carbons (Fsp3) is 0.786. The van der Waals surface area contributed by atoms with Crippen LogP contribution in [0.25, 0.3) is 0 Å². The van der Waals surface area contributed by atoms with Gasteiger partial charge in [0.15, 0.2) is 0 Å². The average Bonchev–Trinajstić information content (AvgIpc) is 2.63. The molecule has 0 bridgehead atoms. The van der Waals surface area contributed by atoms with Crippen molar-refractivity contribution in [2.24, 2.45) is 17.8 Å². The standard InChI is InChI=1S/C14H22O3/c1-9(2)11-5-4-10(3)8-12(11)16-14-7-6-13(15)17-14/h6-7,9-12,14H,4-5,8H2,1-3H3/t10-,11+,12+,14-/m1/s1. The molecule has 0 unspecified atom stereocenters. The molecular weight excluding hydrogens is 216 g/mol. The smallest absolute Gasteiger partial charge is 0.333 e. The van der Waals surface area contributed by atoms with E-state index in [1.54, 1.807) is 6.08 Å². The zero-order valence-corrected chi connectivity index (χ0v) is 10.9. The predicted molar refractivity (Wildman–Crippen MR) is 65.2 cm³/mol. The molecule has 1 fully saturated rings. The number of hydrogen-bond acceptors (Lipinski definition) is 3. The van der Waals surface area contributed by atoms with Gasteiger partial charge in [-0.3, -0.25) is 0 Å². The molecule has 0 aromatic carbocycles. The second-order valence-electron chi connectivity index (χ2n) is 5.67. The zero-order chi connectivity index (χ0) is 12.4. The summed E-state index contributed by atoms with van der Waals surface area (Å²) in [5, 5.41) is 0. The SMILES string of the molecule is CC(C)[C@@H]1CC[C@@H](C)C[C@@H]1O[C@H]1C=CC(=O)O1. The number of ether oxygens (including phenoxy) is 2. The first-order valence-corrected chi connectivity index (χ1v) is 6.60. The summed E-state index contributed by atoms with van der Waals surface area (Å²) in [5.41, 5.74) is 0. The quantitative estimate of drug-likeness (QED) is 0.709. The lowest BCUT2D eigenvalue weighted by Gasteiger charge is -2.37. The Bertz CT molecular complexity index is 309. The molecule has 0 radical (unpaired) electrons. The Morgan fingerprint density at radius 1 is 1.41 bits per heavy atom. The molecule has 3 heteroatoms. The molecule has 0 N–H and O–H groups in total. The van der Waals surface area contributed by atoms with Crippen LogP contribution < -0.4 is 0 Å². The first kappa shape index (κ1) is 12.6. The Morgan fingerprint density at radius 2 is 2.18 bits per heavy atom. The molecular formula is C14H22O3. The summed E-state index contributed by atoms with van der Waals surface area (Å²) in [6, 6.07) is 0. The van der Waals surface area contributed by atoms with E-state index in [2.05, 4.69) is 20.8 Å². The van der Waals surface area contributed by atoms with Crippen LogP contribution in [0.2, 0.25) is 0 Å². The zero-order valence-electron chi connectivity index (χ0n) is 10.9. The monoisotopic (exact) mass is 238 g/mol. The van der Waals surface area contributed by atoms with Crippen molar-refractivity contribution in [1.29, 1.82) is 0 Å². The molecule has 4 atom stereocenters. The maximum absolute atomic E-state index is 11.0. The van der Waals surface area contributed by atoms with Gasteiger partial charge in [0.2, 0.25) is 6.29 Å². The number of carbonyl (C=O) groups excluding carboxylic acids is 1. The van der Waals surface area contributed by atoms with Crippen LogP contribution in [0.15, 0.2) is 12.2 Å². The second-order valence-corrected chi connectivity index (χ2v) is 5.67. The van der Waals surface area contributed by atoms with E-state index in [1.165, 1.54) is 18.9 Å². The van der Waals surface area contributed by atoms with E-state index in [0.29, 0.717) is 17.8 Å². The Kier molecular flexibility index (Phi) is 3.87. The van der Waals surface area contributed by atoms with Gasteiger partial charge in [-0.1, -0.05) is 27.2 Å². The first-order valence-electron chi connectivity index (χ1n) is 6.60. The van der Waals surface area contributed by atoms with E-state index < -0.39 is 6.29 Å². The van der Waals surface area contributed by atoms with Crippen molar-refractivity contribution in [1.82, 2.24) is 0 Å². The highest BCUT2D eigenvalue weighted by Crippen LogP contribution is 2.36. The topological polar surface area (TPSA) is 35.5 Å². The number of rotatable bonds is 3. The van der Waals surface area contributed by atoms with E-state index in [-0.39, 0.29) is 12.1 Å².